The van der Waals surface area contributed by atoms with Gasteiger partial charge >= 0.3 is 0 Å². The zero-order valence-electron chi connectivity index (χ0n) is 12.0. The van der Waals surface area contributed by atoms with Gasteiger partial charge in [0, 0.05) is 18.0 Å². The number of nitrogens with one attached hydrogen (secondary N) is 1. The summed E-state index contributed by atoms with van der Waals surface area (Å²) in [6.45, 7) is 3.08. The summed E-state index contributed by atoms with van der Waals surface area (Å²) in [5.74, 6) is 0.204. The average Bonchev–Trinajstić information content (AvgIpc) is 2.87. The van der Waals surface area contributed by atoms with Crippen molar-refractivity contribution in [1.82, 2.24) is 5.32 Å². The SMILES string of the molecule is CC(COCc1ccccc1)NC(=O)C1CCC(N)C1. The van der Waals surface area contributed by atoms with Crippen molar-refractivity contribution in [2.45, 2.75) is 44.9 Å². The molecule has 0 bridgehead atoms. The molecule has 1 fully saturated rings. The van der Waals surface area contributed by atoms with Crippen molar-refractivity contribution in [3.63, 3.8) is 0 Å². The molecule has 1 aliphatic carbocycles. The average molecular weight is 276 g/mol. The molecule has 1 saturated carbocycles. The minimum Gasteiger partial charge on any atom is -0.375 e. The summed E-state index contributed by atoms with van der Waals surface area (Å²) in [6, 6.07) is 10.3. The van der Waals surface area contributed by atoms with Gasteiger partial charge in [-0.25, -0.2) is 0 Å². The summed E-state index contributed by atoms with van der Waals surface area (Å²) in [4.78, 5) is 12.0. The van der Waals surface area contributed by atoms with E-state index in [9.17, 15) is 4.79 Å². The molecular formula is C16H24N2O2. The van der Waals surface area contributed by atoms with Gasteiger partial charge < -0.3 is 15.8 Å². The van der Waals surface area contributed by atoms with Gasteiger partial charge in [0.15, 0.2) is 0 Å². The molecule has 1 aromatic carbocycles. The molecule has 3 atom stereocenters. The fraction of sp³-hybridized carbons (Fsp3) is 0.562. The van der Waals surface area contributed by atoms with E-state index >= 15 is 0 Å². The lowest BCUT2D eigenvalue weighted by Gasteiger charge is -2.17. The van der Waals surface area contributed by atoms with Gasteiger partial charge in [-0.15, -0.1) is 0 Å². The fourth-order valence-corrected chi connectivity index (χ4v) is 2.58. The van der Waals surface area contributed by atoms with E-state index in [-0.39, 0.29) is 23.9 Å². The number of rotatable bonds is 6. The molecule has 0 aliphatic heterocycles. The molecule has 3 N–H and O–H groups in total. The van der Waals surface area contributed by atoms with Crippen molar-refractivity contribution in [3.8, 4) is 0 Å². The maximum absolute atomic E-state index is 12.0. The molecule has 0 aromatic heterocycles. The Balaban J connectivity index is 1.65. The van der Waals surface area contributed by atoms with Crippen molar-refractivity contribution in [2.24, 2.45) is 11.7 Å². The number of amides is 1. The van der Waals surface area contributed by atoms with Crippen LogP contribution in [0.25, 0.3) is 0 Å². The number of carbonyl (C=O) groups excluding carboxylic acids is 1. The molecule has 4 nitrogen and oxygen atoms in total. The summed E-state index contributed by atoms with van der Waals surface area (Å²) in [5, 5.41) is 3.01. The molecule has 0 radical (unpaired) electrons. The zero-order chi connectivity index (χ0) is 14.4. The smallest absolute Gasteiger partial charge is 0.223 e. The van der Waals surface area contributed by atoms with Gasteiger partial charge in [0.1, 0.15) is 0 Å². The standard InChI is InChI=1S/C16H24N2O2/c1-12(10-20-11-13-5-3-2-4-6-13)18-16(19)14-7-8-15(17)9-14/h2-6,12,14-15H,7-11,17H2,1H3,(H,18,19). The first-order valence-corrected chi connectivity index (χ1v) is 7.32. The molecule has 1 aromatic rings. The third-order valence-corrected chi connectivity index (χ3v) is 3.71. The molecule has 20 heavy (non-hydrogen) atoms. The molecule has 4 heteroatoms. The topological polar surface area (TPSA) is 64.3 Å². The van der Waals surface area contributed by atoms with Crippen LogP contribution in [0, 0.1) is 5.92 Å². The van der Waals surface area contributed by atoms with Crippen molar-refractivity contribution < 1.29 is 9.53 Å². The van der Waals surface area contributed by atoms with E-state index < -0.39 is 0 Å². The first kappa shape index (κ1) is 15.0. The van der Waals surface area contributed by atoms with E-state index in [1.807, 2.05) is 37.3 Å². The predicted molar refractivity (Wildman–Crippen MR) is 79.0 cm³/mol. The number of carbonyl (C=O) groups is 1. The minimum atomic E-state index is 0.0306. The van der Waals surface area contributed by atoms with Crippen LogP contribution in [-0.4, -0.2) is 24.6 Å². The normalized spacial score (nSPS) is 23.5. The van der Waals surface area contributed by atoms with E-state index in [1.54, 1.807) is 0 Å². The highest BCUT2D eigenvalue weighted by atomic mass is 16.5. The maximum Gasteiger partial charge on any atom is 0.223 e. The fourth-order valence-electron chi connectivity index (χ4n) is 2.58. The van der Waals surface area contributed by atoms with Gasteiger partial charge in [0.2, 0.25) is 5.91 Å². The van der Waals surface area contributed by atoms with Crippen LogP contribution in [0.1, 0.15) is 31.7 Å². The molecule has 1 amide bonds. The second-order valence-corrected chi connectivity index (χ2v) is 5.68. The van der Waals surface area contributed by atoms with Crippen molar-refractivity contribution >= 4 is 5.91 Å². The molecule has 1 aliphatic rings. The molecule has 0 spiro atoms. The Labute approximate surface area is 120 Å². The van der Waals surface area contributed by atoms with Crippen molar-refractivity contribution in [3.05, 3.63) is 35.9 Å². The Morgan fingerprint density at radius 2 is 2.15 bits per heavy atom. The molecule has 3 unspecified atom stereocenters. The van der Waals surface area contributed by atoms with Gasteiger partial charge in [0.25, 0.3) is 0 Å². The van der Waals surface area contributed by atoms with Crippen LogP contribution in [0.4, 0.5) is 0 Å². The Kier molecular flexibility index (Phi) is 5.56. The Bertz CT molecular complexity index is 422. The predicted octanol–water partition coefficient (Wildman–Crippen LogP) is 1.84. The van der Waals surface area contributed by atoms with Crippen LogP contribution in [0.5, 0.6) is 0 Å². The van der Waals surface area contributed by atoms with Crippen LogP contribution in [0.2, 0.25) is 0 Å². The van der Waals surface area contributed by atoms with Crippen LogP contribution in [-0.2, 0) is 16.1 Å². The number of benzene rings is 1. The molecule has 2 rings (SSSR count). The summed E-state index contributed by atoms with van der Waals surface area (Å²) < 4.78 is 5.63. The Morgan fingerprint density at radius 3 is 2.80 bits per heavy atom. The van der Waals surface area contributed by atoms with Gasteiger partial charge in [-0.2, -0.15) is 0 Å². The quantitative estimate of drug-likeness (QED) is 0.833. The first-order valence-electron chi connectivity index (χ1n) is 7.32. The van der Waals surface area contributed by atoms with E-state index in [2.05, 4.69) is 5.32 Å². The van der Waals surface area contributed by atoms with Crippen LogP contribution < -0.4 is 11.1 Å². The Hall–Kier alpha value is -1.39. The molecule has 0 saturated heterocycles. The summed E-state index contributed by atoms with van der Waals surface area (Å²) in [5.41, 5.74) is 6.98. The summed E-state index contributed by atoms with van der Waals surface area (Å²) in [7, 11) is 0. The lowest BCUT2D eigenvalue weighted by atomic mass is 10.1. The number of nitrogens with two attached hydrogens (primary N) is 1. The second kappa shape index (κ2) is 7.41. The van der Waals surface area contributed by atoms with Gasteiger partial charge in [-0.1, -0.05) is 30.3 Å². The highest BCUT2D eigenvalue weighted by Gasteiger charge is 2.28. The number of ether oxygens (including phenoxy) is 1. The van der Waals surface area contributed by atoms with Gasteiger partial charge in [0.05, 0.1) is 13.2 Å². The summed E-state index contributed by atoms with van der Waals surface area (Å²) >= 11 is 0. The molecule has 0 heterocycles. The maximum atomic E-state index is 12.0. The van der Waals surface area contributed by atoms with E-state index in [0.29, 0.717) is 13.2 Å². The molecule has 110 valence electrons. The third-order valence-electron chi connectivity index (χ3n) is 3.71. The van der Waals surface area contributed by atoms with Gasteiger partial charge in [-0.3, -0.25) is 4.79 Å². The van der Waals surface area contributed by atoms with Crippen molar-refractivity contribution in [2.75, 3.05) is 6.61 Å². The van der Waals surface area contributed by atoms with Crippen LogP contribution in [0.3, 0.4) is 0 Å². The number of hydrogen-bond acceptors (Lipinski definition) is 3. The number of hydrogen-bond donors (Lipinski definition) is 2. The largest absolute Gasteiger partial charge is 0.375 e. The Morgan fingerprint density at radius 1 is 1.40 bits per heavy atom. The molecular weight excluding hydrogens is 252 g/mol. The van der Waals surface area contributed by atoms with E-state index in [1.165, 1.54) is 0 Å². The van der Waals surface area contributed by atoms with Gasteiger partial charge in [-0.05, 0) is 31.7 Å². The third kappa shape index (κ3) is 4.62. The second-order valence-electron chi connectivity index (χ2n) is 5.68. The zero-order valence-corrected chi connectivity index (χ0v) is 12.0. The van der Waals surface area contributed by atoms with Crippen LogP contribution >= 0.6 is 0 Å². The van der Waals surface area contributed by atoms with E-state index in [0.717, 1.165) is 24.8 Å². The first-order chi connectivity index (χ1) is 9.65. The summed E-state index contributed by atoms with van der Waals surface area (Å²) in [6.07, 6.45) is 2.67. The lowest BCUT2D eigenvalue weighted by molar-refractivity contribution is -0.125. The van der Waals surface area contributed by atoms with E-state index in [4.69, 9.17) is 10.5 Å². The highest BCUT2D eigenvalue weighted by Crippen LogP contribution is 2.24. The highest BCUT2D eigenvalue weighted by molar-refractivity contribution is 5.79. The minimum absolute atomic E-state index is 0.0306. The lowest BCUT2D eigenvalue weighted by Crippen LogP contribution is -2.39. The van der Waals surface area contributed by atoms with Crippen molar-refractivity contribution in [1.29, 1.82) is 0 Å². The monoisotopic (exact) mass is 276 g/mol. The van der Waals surface area contributed by atoms with Crippen LogP contribution in [0.15, 0.2) is 30.3 Å².